The molecule has 4 aromatic rings. The summed E-state index contributed by atoms with van der Waals surface area (Å²) in [6, 6.07) is 8.58. The van der Waals surface area contributed by atoms with Crippen LogP contribution in [0.25, 0.3) is 0 Å². The minimum Gasteiger partial charge on any atom is -0.382 e. The largest absolute Gasteiger partial charge is 0.417 e. The molecule has 3 aromatic heterocycles. The molecule has 0 aliphatic heterocycles. The molecule has 11 nitrogen and oxygen atoms in total. The van der Waals surface area contributed by atoms with Gasteiger partial charge in [-0.05, 0) is 37.3 Å². The van der Waals surface area contributed by atoms with Crippen molar-refractivity contribution < 1.29 is 18.0 Å². The van der Waals surface area contributed by atoms with Gasteiger partial charge in [0.15, 0.2) is 0 Å². The maximum atomic E-state index is 13.1. The number of hydrogen-bond acceptors (Lipinski definition) is 9. The number of nitrogens with one attached hydrogen (secondary N) is 4. The number of carbonyl (C=O) groups excluding carboxylic acids is 1. The Hall–Kier alpha value is -4.24. The Morgan fingerprint density at radius 2 is 1.86 bits per heavy atom. The molecule has 3 heterocycles. The maximum absolute atomic E-state index is 13.1. The Balaban J connectivity index is 1.42. The highest BCUT2D eigenvalue weighted by Crippen LogP contribution is 2.36. The van der Waals surface area contributed by atoms with Gasteiger partial charge in [0.2, 0.25) is 5.95 Å². The lowest BCUT2D eigenvalue weighted by Crippen LogP contribution is -2.27. The van der Waals surface area contributed by atoms with Crippen LogP contribution in [-0.2, 0) is 6.18 Å². The number of H-pyrrole nitrogens is 1. The summed E-state index contributed by atoms with van der Waals surface area (Å²) in [6.07, 6.45) is -3.27. The quantitative estimate of drug-likeness (QED) is 0.172. The first-order valence-electron chi connectivity index (χ1n) is 10.3. The second-order valence-electron chi connectivity index (χ2n) is 7.51. The van der Waals surface area contributed by atoms with Gasteiger partial charge in [-0.25, -0.2) is 19.1 Å². The Labute approximate surface area is 218 Å². The first kappa shape index (κ1) is 25.8. The number of alkyl halides is 3. The van der Waals surface area contributed by atoms with Crippen molar-refractivity contribution in [3.8, 4) is 0 Å². The van der Waals surface area contributed by atoms with E-state index < -0.39 is 22.8 Å². The van der Waals surface area contributed by atoms with E-state index in [9.17, 15) is 18.0 Å². The average molecular weight is 551 g/mol. The molecular weight excluding hydrogens is 533 g/mol. The molecule has 0 aliphatic rings. The van der Waals surface area contributed by atoms with Crippen LogP contribution >= 0.6 is 24.4 Å². The number of aromatic amines is 1. The van der Waals surface area contributed by atoms with E-state index in [1.807, 2.05) is 0 Å². The molecule has 16 heteroatoms. The summed E-state index contributed by atoms with van der Waals surface area (Å²) in [5, 5.41) is 14.4. The van der Waals surface area contributed by atoms with Crippen molar-refractivity contribution in [1.82, 2.24) is 25.1 Å². The predicted octanol–water partition coefficient (Wildman–Crippen LogP) is 5.53. The number of halogens is 4. The highest BCUT2D eigenvalue weighted by molar-refractivity contribution is 7.82. The van der Waals surface area contributed by atoms with Gasteiger partial charge < -0.3 is 21.7 Å². The van der Waals surface area contributed by atoms with E-state index in [-0.39, 0.29) is 17.5 Å². The zero-order valence-corrected chi connectivity index (χ0v) is 20.4. The van der Waals surface area contributed by atoms with E-state index in [1.54, 1.807) is 25.1 Å². The first-order chi connectivity index (χ1) is 17.5. The van der Waals surface area contributed by atoms with E-state index in [2.05, 4.69) is 53.9 Å². The molecule has 6 N–H and O–H groups in total. The van der Waals surface area contributed by atoms with Crippen molar-refractivity contribution in [1.29, 1.82) is 0 Å². The normalized spacial score (nSPS) is 11.2. The van der Waals surface area contributed by atoms with Gasteiger partial charge in [0.1, 0.15) is 23.3 Å². The zero-order chi connectivity index (χ0) is 26.7. The molecule has 1 aromatic carbocycles. The number of pyridine rings is 1. The molecule has 37 heavy (non-hydrogen) atoms. The number of nitrogens with two attached hydrogens (primary N) is 1. The van der Waals surface area contributed by atoms with Gasteiger partial charge in [-0.15, -0.1) is 0 Å². The lowest BCUT2D eigenvalue weighted by Gasteiger charge is -2.17. The van der Waals surface area contributed by atoms with Crippen molar-refractivity contribution in [3.63, 3.8) is 0 Å². The highest BCUT2D eigenvalue weighted by atomic mass is 35.5. The summed E-state index contributed by atoms with van der Waals surface area (Å²) >= 11 is 9.71. The van der Waals surface area contributed by atoms with Crippen LogP contribution in [0.5, 0.6) is 0 Å². The van der Waals surface area contributed by atoms with Crippen molar-refractivity contribution in [2.45, 2.75) is 13.1 Å². The van der Waals surface area contributed by atoms with Crippen LogP contribution in [-0.4, -0.2) is 31.2 Å². The smallest absolute Gasteiger partial charge is 0.382 e. The summed E-state index contributed by atoms with van der Waals surface area (Å²) < 4.78 is 40.0. The summed E-state index contributed by atoms with van der Waals surface area (Å²) in [5.41, 5.74) is 5.59. The fourth-order valence-corrected chi connectivity index (χ4v) is 3.44. The molecule has 0 saturated heterocycles. The number of rotatable bonds is 6. The van der Waals surface area contributed by atoms with Crippen LogP contribution in [0.4, 0.5) is 58.6 Å². The van der Waals surface area contributed by atoms with Crippen LogP contribution < -0.4 is 26.0 Å². The van der Waals surface area contributed by atoms with E-state index in [4.69, 9.17) is 17.3 Å². The van der Waals surface area contributed by atoms with Crippen LogP contribution in [0.1, 0.15) is 11.3 Å². The topological polar surface area (TPSA) is 150 Å². The average Bonchev–Trinajstić information content (AvgIpc) is 3.23. The monoisotopic (exact) mass is 550 g/mol. The predicted molar refractivity (Wildman–Crippen MR) is 138 cm³/mol. The SMILES string of the molecule is Cc1cc(Nc2cc(N)n[nH]2)nc(Nc2ccc(N(S)C(=O)Nc3ccc(Cl)c(C(F)(F)F)c3)nc2)n1. The Bertz CT molecular complexity index is 1430. The summed E-state index contributed by atoms with van der Waals surface area (Å²) in [4.78, 5) is 25.3. The molecule has 0 aliphatic carbocycles. The lowest BCUT2D eigenvalue weighted by atomic mass is 10.2. The lowest BCUT2D eigenvalue weighted by molar-refractivity contribution is -0.137. The third-order valence-corrected chi connectivity index (χ3v) is 5.37. The number of nitrogens with zero attached hydrogens (tertiary/aromatic N) is 5. The Morgan fingerprint density at radius 3 is 2.51 bits per heavy atom. The van der Waals surface area contributed by atoms with Crippen molar-refractivity contribution in [2.75, 3.05) is 26.0 Å². The zero-order valence-electron chi connectivity index (χ0n) is 18.8. The highest BCUT2D eigenvalue weighted by Gasteiger charge is 2.33. The van der Waals surface area contributed by atoms with Crippen LogP contribution in [0.15, 0.2) is 48.7 Å². The number of benzene rings is 1. The standard InChI is InChI=1S/C21H18ClF3N10OS/c1-10-6-16(31-17-8-15(26)33-34-17)32-19(28-10)29-12-3-5-18(27-9-12)35(37)20(36)30-11-2-4-14(22)13(7-11)21(23,24)25/h2-9,37H,1H3,(H,30,36)(H5,26,28,29,31,32,33,34). The van der Waals surface area contributed by atoms with Crippen LogP contribution in [0.2, 0.25) is 5.02 Å². The molecule has 0 fully saturated rings. The summed E-state index contributed by atoms with van der Waals surface area (Å²) in [5.74, 6) is 1.74. The van der Waals surface area contributed by atoms with Gasteiger partial charge in [-0.1, -0.05) is 24.4 Å². The molecule has 4 rings (SSSR count). The number of aryl methyl sites for hydroxylation is 1. The van der Waals surface area contributed by atoms with E-state index in [1.165, 1.54) is 18.3 Å². The van der Waals surface area contributed by atoms with Gasteiger partial charge in [0.25, 0.3) is 0 Å². The van der Waals surface area contributed by atoms with Gasteiger partial charge in [-0.3, -0.25) is 5.10 Å². The number of urea groups is 1. The van der Waals surface area contributed by atoms with Crippen molar-refractivity contribution >= 4 is 71.0 Å². The minimum absolute atomic E-state index is 0.112. The molecule has 0 spiro atoms. The van der Waals surface area contributed by atoms with Crippen molar-refractivity contribution in [2.24, 2.45) is 0 Å². The second kappa shape index (κ2) is 10.4. The number of nitrogen functional groups attached to an aromatic ring is 1. The number of hydrogen-bond donors (Lipinski definition) is 6. The van der Waals surface area contributed by atoms with E-state index in [0.717, 1.165) is 16.4 Å². The molecule has 2 amide bonds. The van der Waals surface area contributed by atoms with E-state index >= 15 is 0 Å². The molecule has 0 unspecified atom stereocenters. The fourth-order valence-electron chi connectivity index (χ4n) is 3.04. The third kappa shape index (κ3) is 6.50. The number of anilines is 7. The molecule has 192 valence electrons. The number of amides is 2. The molecule has 0 radical (unpaired) electrons. The molecule has 0 atom stereocenters. The van der Waals surface area contributed by atoms with Crippen molar-refractivity contribution in [3.05, 3.63) is 64.9 Å². The summed E-state index contributed by atoms with van der Waals surface area (Å²) in [7, 11) is 0. The maximum Gasteiger partial charge on any atom is 0.417 e. The van der Waals surface area contributed by atoms with Gasteiger partial charge in [0, 0.05) is 23.5 Å². The molecule has 0 bridgehead atoms. The molecule has 0 saturated carbocycles. The number of thiol groups is 1. The fraction of sp³-hybridized carbons (Fsp3) is 0.0952. The number of carbonyl (C=O) groups is 1. The molecular formula is C21H18ClF3N10OS. The summed E-state index contributed by atoms with van der Waals surface area (Å²) in [6.45, 7) is 1.79. The van der Waals surface area contributed by atoms with Crippen LogP contribution in [0, 0.1) is 6.92 Å². The van der Waals surface area contributed by atoms with E-state index in [0.29, 0.717) is 28.8 Å². The van der Waals surface area contributed by atoms with Crippen LogP contribution in [0.3, 0.4) is 0 Å². The van der Waals surface area contributed by atoms with Gasteiger partial charge in [-0.2, -0.15) is 23.3 Å². The Kier molecular flexibility index (Phi) is 7.26. The Morgan fingerprint density at radius 1 is 1.11 bits per heavy atom. The number of aromatic nitrogens is 5. The van der Waals surface area contributed by atoms with Gasteiger partial charge in [0.05, 0.1) is 22.5 Å². The minimum atomic E-state index is -4.67. The van der Waals surface area contributed by atoms with Gasteiger partial charge >= 0.3 is 12.2 Å². The first-order valence-corrected chi connectivity index (χ1v) is 11.1. The third-order valence-electron chi connectivity index (χ3n) is 4.65. The second-order valence-corrected chi connectivity index (χ2v) is 8.32.